The summed E-state index contributed by atoms with van der Waals surface area (Å²) in [4.78, 5) is 24.4. The summed E-state index contributed by atoms with van der Waals surface area (Å²) in [7, 11) is 0. The molecule has 0 saturated heterocycles. The van der Waals surface area contributed by atoms with Crippen LogP contribution >= 0.6 is 0 Å². The highest BCUT2D eigenvalue weighted by atomic mass is 16.5. The van der Waals surface area contributed by atoms with Gasteiger partial charge in [-0.2, -0.15) is 0 Å². The first-order valence-corrected chi connectivity index (χ1v) is 8.90. The third-order valence-corrected chi connectivity index (χ3v) is 4.39. The van der Waals surface area contributed by atoms with Crippen molar-refractivity contribution < 1.29 is 18.8 Å². The van der Waals surface area contributed by atoms with Gasteiger partial charge in [0, 0.05) is 11.9 Å². The molecule has 1 N–H and O–H groups in total. The number of nitrogens with zero attached hydrogens (tertiary/aromatic N) is 1. The van der Waals surface area contributed by atoms with Crippen molar-refractivity contribution in [3.05, 3.63) is 65.9 Å². The Morgan fingerprint density at radius 2 is 1.78 bits per heavy atom. The van der Waals surface area contributed by atoms with E-state index in [-0.39, 0.29) is 18.2 Å². The molecular formula is C21H22N2O4. The Labute approximate surface area is 157 Å². The Kier molecular flexibility index (Phi) is 5.86. The smallest absolute Gasteiger partial charge is 0.312 e. The Hall–Kier alpha value is -3.15. The molecule has 0 aliphatic carbocycles. The second-order valence-corrected chi connectivity index (χ2v) is 6.49. The van der Waals surface area contributed by atoms with Gasteiger partial charge in [-0.15, -0.1) is 0 Å². The largest absolute Gasteiger partial charge is 0.452 e. The summed E-state index contributed by atoms with van der Waals surface area (Å²) in [5.41, 5.74) is 2.25. The summed E-state index contributed by atoms with van der Waals surface area (Å²) in [6, 6.07) is 17.2. The standard InChI is InChI=1S/C21H22N2O4/c1-14(16-8-4-3-5-9-16)13-22-21(25)15(2)26-20(24)12-18-17-10-6-7-11-19(17)27-23-18/h3-11,14-15H,12-13H2,1-2H3,(H,22,25)/t14-,15+/m1/s1. The van der Waals surface area contributed by atoms with Crippen molar-refractivity contribution in [3.63, 3.8) is 0 Å². The lowest BCUT2D eigenvalue weighted by Crippen LogP contribution is -2.37. The van der Waals surface area contributed by atoms with E-state index >= 15 is 0 Å². The Bertz CT molecular complexity index is 920. The summed E-state index contributed by atoms with van der Waals surface area (Å²) in [5, 5.41) is 7.50. The molecule has 6 heteroatoms. The second kappa shape index (κ2) is 8.49. The third-order valence-electron chi connectivity index (χ3n) is 4.39. The van der Waals surface area contributed by atoms with E-state index in [4.69, 9.17) is 9.26 Å². The van der Waals surface area contributed by atoms with Gasteiger partial charge in [0.1, 0.15) is 5.69 Å². The molecular weight excluding hydrogens is 344 g/mol. The fraction of sp³-hybridized carbons (Fsp3) is 0.286. The molecule has 0 spiro atoms. The number of nitrogens with one attached hydrogen (secondary N) is 1. The zero-order valence-corrected chi connectivity index (χ0v) is 15.3. The van der Waals surface area contributed by atoms with E-state index in [1.54, 1.807) is 13.0 Å². The van der Waals surface area contributed by atoms with E-state index in [1.807, 2.05) is 55.5 Å². The van der Waals surface area contributed by atoms with Crippen LogP contribution in [0.2, 0.25) is 0 Å². The fourth-order valence-corrected chi connectivity index (χ4v) is 2.79. The number of benzene rings is 2. The van der Waals surface area contributed by atoms with Crippen LogP contribution in [0.25, 0.3) is 11.0 Å². The predicted octanol–water partition coefficient (Wildman–Crippen LogP) is 3.22. The number of carbonyl (C=O) groups is 2. The molecule has 0 radical (unpaired) electrons. The lowest BCUT2D eigenvalue weighted by atomic mass is 10.0. The molecule has 0 unspecified atom stereocenters. The lowest BCUT2D eigenvalue weighted by molar-refractivity contribution is -0.154. The monoisotopic (exact) mass is 366 g/mol. The normalized spacial score (nSPS) is 13.1. The maximum atomic E-state index is 12.2. The van der Waals surface area contributed by atoms with Gasteiger partial charge in [-0.05, 0) is 30.5 Å². The molecule has 0 aliphatic heterocycles. The molecule has 0 saturated carbocycles. The van der Waals surface area contributed by atoms with E-state index in [9.17, 15) is 9.59 Å². The summed E-state index contributed by atoms with van der Waals surface area (Å²) < 4.78 is 10.4. The maximum absolute atomic E-state index is 12.2. The van der Waals surface area contributed by atoms with Crippen LogP contribution in [0.5, 0.6) is 0 Å². The van der Waals surface area contributed by atoms with Crippen LogP contribution in [-0.2, 0) is 20.7 Å². The van der Waals surface area contributed by atoms with E-state index in [0.29, 0.717) is 17.8 Å². The van der Waals surface area contributed by atoms with E-state index in [2.05, 4.69) is 10.5 Å². The number of fused-ring (bicyclic) bond motifs is 1. The highest BCUT2D eigenvalue weighted by Crippen LogP contribution is 2.18. The number of rotatable bonds is 7. The molecule has 140 valence electrons. The van der Waals surface area contributed by atoms with Crippen LogP contribution in [-0.4, -0.2) is 29.7 Å². The molecule has 27 heavy (non-hydrogen) atoms. The molecule has 1 aromatic heterocycles. The first-order valence-electron chi connectivity index (χ1n) is 8.90. The van der Waals surface area contributed by atoms with Crippen molar-refractivity contribution in [2.24, 2.45) is 0 Å². The molecule has 0 bridgehead atoms. The number of amides is 1. The van der Waals surface area contributed by atoms with Crippen molar-refractivity contribution in [2.75, 3.05) is 6.54 Å². The quantitative estimate of drug-likeness (QED) is 0.649. The topological polar surface area (TPSA) is 81.4 Å². The molecule has 0 fully saturated rings. The van der Waals surface area contributed by atoms with Gasteiger partial charge in [0.05, 0.1) is 6.42 Å². The highest BCUT2D eigenvalue weighted by Gasteiger charge is 2.20. The van der Waals surface area contributed by atoms with E-state index < -0.39 is 12.1 Å². The van der Waals surface area contributed by atoms with Gasteiger partial charge in [0.15, 0.2) is 11.7 Å². The van der Waals surface area contributed by atoms with Crippen molar-refractivity contribution in [3.8, 4) is 0 Å². The summed E-state index contributed by atoms with van der Waals surface area (Å²) in [6.45, 7) is 4.06. The maximum Gasteiger partial charge on any atom is 0.312 e. The van der Waals surface area contributed by atoms with Gasteiger partial charge in [-0.3, -0.25) is 9.59 Å². The van der Waals surface area contributed by atoms with Crippen LogP contribution < -0.4 is 5.32 Å². The average molecular weight is 366 g/mol. The fourth-order valence-electron chi connectivity index (χ4n) is 2.79. The number of carbonyl (C=O) groups excluding carboxylic acids is 2. The van der Waals surface area contributed by atoms with E-state index in [0.717, 1.165) is 10.9 Å². The minimum absolute atomic E-state index is 0.0466. The zero-order valence-electron chi connectivity index (χ0n) is 15.3. The SMILES string of the molecule is C[C@H](OC(=O)Cc1noc2ccccc12)C(=O)NC[C@@H](C)c1ccccc1. The van der Waals surface area contributed by atoms with Crippen LogP contribution in [0.3, 0.4) is 0 Å². The number of para-hydroxylation sites is 1. The Balaban J connectivity index is 1.49. The van der Waals surface area contributed by atoms with Crippen molar-refractivity contribution in [1.29, 1.82) is 0 Å². The molecule has 1 amide bonds. The van der Waals surface area contributed by atoms with Gasteiger partial charge in [0.2, 0.25) is 0 Å². The van der Waals surface area contributed by atoms with Gasteiger partial charge in [-0.25, -0.2) is 0 Å². The summed E-state index contributed by atoms with van der Waals surface area (Å²) in [5.74, 6) is -0.677. The van der Waals surface area contributed by atoms with Crippen molar-refractivity contribution in [2.45, 2.75) is 32.3 Å². The molecule has 2 atom stereocenters. The number of aromatic nitrogens is 1. The number of esters is 1. The lowest BCUT2D eigenvalue weighted by Gasteiger charge is -2.16. The van der Waals surface area contributed by atoms with Crippen molar-refractivity contribution >= 4 is 22.8 Å². The Morgan fingerprint density at radius 3 is 2.56 bits per heavy atom. The average Bonchev–Trinajstić information content (AvgIpc) is 3.09. The third kappa shape index (κ3) is 4.73. The number of hydrogen-bond acceptors (Lipinski definition) is 5. The first kappa shape index (κ1) is 18.6. The second-order valence-electron chi connectivity index (χ2n) is 6.49. The number of hydrogen-bond donors (Lipinski definition) is 1. The molecule has 3 aromatic rings. The minimum atomic E-state index is -0.876. The highest BCUT2D eigenvalue weighted by molar-refractivity contribution is 5.86. The summed E-state index contributed by atoms with van der Waals surface area (Å²) in [6.07, 6.45) is -0.923. The minimum Gasteiger partial charge on any atom is -0.452 e. The van der Waals surface area contributed by atoms with E-state index in [1.165, 1.54) is 0 Å². The summed E-state index contributed by atoms with van der Waals surface area (Å²) >= 11 is 0. The molecule has 1 heterocycles. The molecule has 2 aromatic carbocycles. The zero-order chi connectivity index (χ0) is 19.2. The van der Waals surface area contributed by atoms with Crippen LogP contribution in [0, 0.1) is 0 Å². The van der Waals surface area contributed by atoms with Crippen LogP contribution in [0.4, 0.5) is 0 Å². The van der Waals surface area contributed by atoms with Crippen LogP contribution in [0.1, 0.15) is 31.0 Å². The number of ether oxygens (including phenoxy) is 1. The van der Waals surface area contributed by atoms with Crippen LogP contribution in [0.15, 0.2) is 59.1 Å². The van der Waals surface area contributed by atoms with Gasteiger partial charge < -0.3 is 14.6 Å². The molecule has 3 rings (SSSR count). The molecule has 0 aliphatic rings. The van der Waals surface area contributed by atoms with Gasteiger partial charge >= 0.3 is 5.97 Å². The first-order chi connectivity index (χ1) is 13.0. The van der Waals surface area contributed by atoms with Gasteiger partial charge in [-0.1, -0.05) is 54.5 Å². The van der Waals surface area contributed by atoms with Crippen molar-refractivity contribution in [1.82, 2.24) is 10.5 Å². The molecule has 6 nitrogen and oxygen atoms in total. The predicted molar refractivity (Wildman–Crippen MR) is 101 cm³/mol. The Morgan fingerprint density at radius 1 is 1.07 bits per heavy atom. The van der Waals surface area contributed by atoms with Gasteiger partial charge in [0.25, 0.3) is 5.91 Å².